The molecule has 0 spiro atoms. The molecule has 0 radical (unpaired) electrons. The van der Waals surface area contributed by atoms with E-state index in [9.17, 15) is 4.79 Å². The van der Waals surface area contributed by atoms with Crippen LogP contribution in [0.3, 0.4) is 0 Å². The second-order valence-electron chi connectivity index (χ2n) is 3.83. The molecule has 4 heteroatoms. The summed E-state index contributed by atoms with van der Waals surface area (Å²) in [6.07, 6.45) is 6.27. The quantitative estimate of drug-likeness (QED) is 0.781. The molecular weight excluding hydrogens is 200 g/mol. The number of carbonyl (C=O) groups excluding carboxylic acids is 1. The zero-order chi connectivity index (χ0) is 9.68. The number of amides is 1. The van der Waals surface area contributed by atoms with Crippen molar-refractivity contribution in [3.8, 4) is 0 Å². The average Bonchev–Trinajstić information content (AvgIpc) is 2.18. The molecule has 0 bridgehead atoms. The lowest BCUT2D eigenvalue weighted by Crippen LogP contribution is -2.42. The van der Waals surface area contributed by atoms with Crippen LogP contribution in [0.25, 0.3) is 0 Å². The number of hydrogen-bond donors (Lipinski definition) is 1. The van der Waals surface area contributed by atoms with E-state index in [-0.39, 0.29) is 18.3 Å². The van der Waals surface area contributed by atoms with E-state index in [0.717, 1.165) is 0 Å². The summed E-state index contributed by atoms with van der Waals surface area (Å²) in [6, 6.07) is 0.495. The van der Waals surface area contributed by atoms with Crippen LogP contribution in [0, 0.1) is 0 Å². The van der Waals surface area contributed by atoms with Crippen LogP contribution in [0.5, 0.6) is 0 Å². The van der Waals surface area contributed by atoms with Crippen LogP contribution in [0.15, 0.2) is 0 Å². The first-order chi connectivity index (χ1) is 6.25. The van der Waals surface area contributed by atoms with Crippen LogP contribution in [-0.2, 0) is 4.79 Å². The fourth-order valence-corrected chi connectivity index (χ4v) is 1.95. The van der Waals surface area contributed by atoms with E-state index in [1.165, 1.54) is 32.1 Å². The Morgan fingerprint density at radius 3 is 2.43 bits per heavy atom. The van der Waals surface area contributed by atoms with Crippen molar-refractivity contribution in [2.45, 2.75) is 38.1 Å². The normalized spacial score (nSPS) is 17.3. The van der Waals surface area contributed by atoms with Gasteiger partial charge in [-0.2, -0.15) is 0 Å². The van der Waals surface area contributed by atoms with Crippen LogP contribution in [0.4, 0.5) is 0 Å². The van der Waals surface area contributed by atoms with Crippen molar-refractivity contribution in [3.05, 3.63) is 0 Å². The van der Waals surface area contributed by atoms with Gasteiger partial charge in [-0.15, -0.1) is 12.4 Å². The minimum atomic E-state index is 0. The molecule has 1 aliphatic carbocycles. The fourth-order valence-electron chi connectivity index (χ4n) is 1.95. The predicted molar refractivity (Wildman–Crippen MR) is 60.8 cm³/mol. The van der Waals surface area contributed by atoms with Gasteiger partial charge in [0, 0.05) is 13.1 Å². The third-order valence-electron chi connectivity index (χ3n) is 2.84. The van der Waals surface area contributed by atoms with Gasteiger partial charge in [-0.05, 0) is 19.9 Å². The van der Waals surface area contributed by atoms with Crippen molar-refractivity contribution >= 4 is 18.3 Å². The molecular formula is C10H21ClN2O. The Kier molecular flexibility index (Phi) is 6.93. The molecule has 0 atom stereocenters. The highest BCUT2D eigenvalue weighted by Crippen LogP contribution is 2.21. The third-order valence-corrected chi connectivity index (χ3v) is 2.84. The maximum absolute atomic E-state index is 11.5. The van der Waals surface area contributed by atoms with Gasteiger partial charge >= 0.3 is 0 Å². The molecule has 0 saturated heterocycles. The summed E-state index contributed by atoms with van der Waals surface area (Å²) < 4.78 is 0. The number of nitrogens with zero attached hydrogens (tertiary/aromatic N) is 1. The number of halogens is 1. The molecule has 1 saturated carbocycles. The van der Waals surface area contributed by atoms with Gasteiger partial charge in [0.25, 0.3) is 0 Å². The van der Waals surface area contributed by atoms with Crippen LogP contribution in [0.1, 0.15) is 32.1 Å². The van der Waals surface area contributed by atoms with E-state index in [4.69, 9.17) is 0 Å². The van der Waals surface area contributed by atoms with Gasteiger partial charge in [-0.1, -0.05) is 19.3 Å². The van der Waals surface area contributed by atoms with Gasteiger partial charge in [0.2, 0.25) is 5.91 Å². The second-order valence-corrected chi connectivity index (χ2v) is 3.83. The van der Waals surface area contributed by atoms with E-state index in [0.29, 0.717) is 12.6 Å². The first-order valence-corrected chi connectivity index (χ1v) is 5.16. The van der Waals surface area contributed by atoms with Crippen molar-refractivity contribution in [1.82, 2.24) is 10.2 Å². The molecule has 0 aromatic heterocycles. The summed E-state index contributed by atoms with van der Waals surface area (Å²) in [5.74, 6) is 0.217. The summed E-state index contributed by atoms with van der Waals surface area (Å²) >= 11 is 0. The predicted octanol–water partition coefficient (Wildman–Crippen LogP) is 1.42. The summed E-state index contributed by atoms with van der Waals surface area (Å²) in [4.78, 5) is 13.4. The van der Waals surface area contributed by atoms with Crippen molar-refractivity contribution in [2.24, 2.45) is 0 Å². The molecule has 0 unspecified atom stereocenters. The number of rotatable bonds is 3. The van der Waals surface area contributed by atoms with Gasteiger partial charge < -0.3 is 10.2 Å². The number of hydrogen-bond acceptors (Lipinski definition) is 2. The Bertz CT molecular complexity index is 170. The minimum Gasteiger partial charge on any atom is -0.342 e. The van der Waals surface area contributed by atoms with Crippen molar-refractivity contribution in [2.75, 3.05) is 20.6 Å². The van der Waals surface area contributed by atoms with Gasteiger partial charge in [-0.3, -0.25) is 4.79 Å². The van der Waals surface area contributed by atoms with E-state index >= 15 is 0 Å². The Balaban J connectivity index is 0.00000169. The molecule has 1 rings (SSSR count). The maximum Gasteiger partial charge on any atom is 0.236 e. The van der Waals surface area contributed by atoms with Gasteiger partial charge in [-0.25, -0.2) is 0 Å². The molecule has 1 aliphatic rings. The molecule has 0 aromatic rings. The Morgan fingerprint density at radius 2 is 1.93 bits per heavy atom. The minimum absolute atomic E-state index is 0. The number of carbonyl (C=O) groups is 1. The molecule has 1 fully saturated rings. The Morgan fingerprint density at radius 1 is 1.36 bits per heavy atom. The highest BCUT2D eigenvalue weighted by atomic mass is 35.5. The summed E-state index contributed by atoms with van der Waals surface area (Å²) in [6.45, 7) is 0.465. The summed E-state index contributed by atoms with van der Waals surface area (Å²) in [5.41, 5.74) is 0. The summed E-state index contributed by atoms with van der Waals surface area (Å²) in [5, 5.41) is 2.90. The first-order valence-electron chi connectivity index (χ1n) is 5.16. The van der Waals surface area contributed by atoms with Crippen LogP contribution in [0.2, 0.25) is 0 Å². The third kappa shape index (κ3) is 3.84. The summed E-state index contributed by atoms with van der Waals surface area (Å²) in [7, 11) is 3.74. The molecule has 1 N–H and O–H groups in total. The fraction of sp³-hybridized carbons (Fsp3) is 0.900. The van der Waals surface area contributed by atoms with E-state index in [1.807, 2.05) is 19.0 Å². The molecule has 14 heavy (non-hydrogen) atoms. The monoisotopic (exact) mass is 220 g/mol. The van der Waals surface area contributed by atoms with Gasteiger partial charge in [0.1, 0.15) is 0 Å². The number of nitrogens with one attached hydrogen (secondary N) is 1. The Labute approximate surface area is 92.6 Å². The molecule has 0 heterocycles. The van der Waals surface area contributed by atoms with E-state index < -0.39 is 0 Å². The molecule has 1 amide bonds. The lowest BCUT2D eigenvalue weighted by molar-refractivity contribution is -0.131. The Hall–Kier alpha value is -0.280. The molecule has 3 nitrogen and oxygen atoms in total. The van der Waals surface area contributed by atoms with E-state index in [1.54, 1.807) is 0 Å². The lowest BCUT2D eigenvalue weighted by Gasteiger charge is -2.31. The highest BCUT2D eigenvalue weighted by molar-refractivity contribution is 5.85. The topological polar surface area (TPSA) is 32.3 Å². The molecule has 0 aromatic carbocycles. The van der Waals surface area contributed by atoms with Crippen molar-refractivity contribution in [3.63, 3.8) is 0 Å². The van der Waals surface area contributed by atoms with Crippen molar-refractivity contribution < 1.29 is 4.79 Å². The van der Waals surface area contributed by atoms with Crippen LogP contribution in [-0.4, -0.2) is 37.5 Å². The van der Waals surface area contributed by atoms with E-state index in [2.05, 4.69) is 5.32 Å². The second kappa shape index (κ2) is 7.07. The van der Waals surface area contributed by atoms with Crippen LogP contribution >= 0.6 is 12.4 Å². The largest absolute Gasteiger partial charge is 0.342 e. The number of likely N-dealkylation sites (N-methyl/N-ethyl adjacent to an activating group) is 2. The van der Waals surface area contributed by atoms with Gasteiger partial charge in [0.15, 0.2) is 0 Å². The zero-order valence-corrected chi connectivity index (χ0v) is 9.90. The molecule has 84 valence electrons. The zero-order valence-electron chi connectivity index (χ0n) is 9.08. The average molecular weight is 221 g/mol. The van der Waals surface area contributed by atoms with Gasteiger partial charge in [0.05, 0.1) is 6.54 Å². The molecule has 0 aliphatic heterocycles. The highest BCUT2D eigenvalue weighted by Gasteiger charge is 2.20. The standard InChI is InChI=1S/C10H20N2O.ClH/c1-11-8-10(13)12(2)9-6-4-3-5-7-9;/h9,11H,3-8H2,1-2H3;1H. The van der Waals surface area contributed by atoms with Crippen molar-refractivity contribution in [1.29, 1.82) is 0 Å². The smallest absolute Gasteiger partial charge is 0.236 e. The first kappa shape index (κ1) is 13.7. The maximum atomic E-state index is 11.5. The van der Waals surface area contributed by atoms with Crippen LogP contribution < -0.4 is 5.32 Å². The SMILES string of the molecule is CNCC(=O)N(C)C1CCCCC1.Cl. The lowest BCUT2D eigenvalue weighted by atomic mass is 9.94.